The van der Waals surface area contributed by atoms with E-state index in [1.165, 1.54) is 11.3 Å². The Morgan fingerprint density at radius 2 is 1.81 bits per heavy atom. The number of hydrogen-bond donors (Lipinski definition) is 1. The minimum Gasteiger partial charge on any atom is -0.493 e. The highest BCUT2D eigenvalue weighted by atomic mass is 16.5. The number of para-hydroxylation sites is 2. The molecule has 27 heavy (non-hydrogen) atoms. The first-order chi connectivity index (χ1) is 13.3. The van der Waals surface area contributed by atoms with E-state index in [0.717, 1.165) is 24.5 Å². The largest absolute Gasteiger partial charge is 0.493 e. The molecule has 1 aromatic heterocycles. The summed E-state index contributed by atoms with van der Waals surface area (Å²) >= 11 is 0. The molecule has 0 aliphatic carbocycles. The van der Waals surface area contributed by atoms with Gasteiger partial charge < -0.3 is 15.0 Å². The van der Waals surface area contributed by atoms with Crippen molar-refractivity contribution in [3.63, 3.8) is 0 Å². The first-order valence-electron chi connectivity index (χ1n) is 8.96. The van der Waals surface area contributed by atoms with Gasteiger partial charge in [0.2, 0.25) is 5.91 Å². The quantitative estimate of drug-likeness (QED) is 0.728. The number of carbonyl (C=O) groups is 1. The second-order valence-corrected chi connectivity index (χ2v) is 6.27. The summed E-state index contributed by atoms with van der Waals surface area (Å²) in [5, 5.41) is 11.2. The van der Waals surface area contributed by atoms with E-state index in [4.69, 9.17) is 4.74 Å². The molecule has 0 atom stereocenters. The molecule has 0 spiro atoms. The number of rotatable bonds is 6. The van der Waals surface area contributed by atoms with Crippen LogP contribution >= 0.6 is 0 Å². The highest BCUT2D eigenvalue weighted by molar-refractivity contribution is 5.89. The molecule has 0 unspecified atom stereocenters. The minimum atomic E-state index is -0.153. The number of carbonyl (C=O) groups excluding carboxylic acids is 1. The number of anilines is 3. The van der Waals surface area contributed by atoms with Crippen LogP contribution in [0.1, 0.15) is 12.0 Å². The third-order valence-corrected chi connectivity index (χ3v) is 4.42. The number of fused-ring (bicyclic) bond motifs is 1. The molecular weight excluding hydrogens is 340 g/mol. The fraction of sp³-hybridized carbons (Fsp3) is 0.190. The molecule has 0 saturated heterocycles. The summed E-state index contributed by atoms with van der Waals surface area (Å²) in [5.74, 6) is 1.82. The molecule has 2 heterocycles. The van der Waals surface area contributed by atoms with Crippen LogP contribution in [0.5, 0.6) is 5.75 Å². The standard InChI is InChI=1S/C21H20N4O2/c26-21(13-15-27-17-7-2-1-3-8-17)22-19-10-11-20(24-23-19)25-14-12-16-6-4-5-9-18(16)25/h1-11H,12-15H2,(H,22,23,26). The third-order valence-electron chi connectivity index (χ3n) is 4.42. The van der Waals surface area contributed by atoms with Crippen molar-refractivity contribution in [2.24, 2.45) is 0 Å². The normalized spacial score (nSPS) is 12.5. The summed E-state index contributed by atoms with van der Waals surface area (Å²) in [6, 6.07) is 21.4. The number of ether oxygens (including phenoxy) is 1. The molecule has 0 fully saturated rings. The molecule has 1 amide bonds. The Balaban J connectivity index is 1.31. The van der Waals surface area contributed by atoms with Crippen LogP contribution in [0.2, 0.25) is 0 Å². The van der Waals surface area contributed by atoms with Gasteiger partial charge in [-0.3, -0.25) is 4.79 Å². The fourth-order valence-electron chi connectivity index (χ4n) is 3.10. The van der Waals surface area contributed by atoms with Gasteiger partial charge >= 0.3 is 0 Å². The Bertz CT molecular complexity index is 913. The van der Waals surface area contributed by atoms with Gasteiger partial charge in [0.25, 0.3) is 0 Å². The summed E-state index contributed by atoms with van der Waals surface area (Å²) in [4.78, 5) is 14.2. The van der Waals surface area contributed by atoms with Gasteiger partial charge in [-0.1, -0.05) is 36.4 Å². The predicted octanol–water partition coefficient (Wildman–Crippen LogP) is 3.58. The van der Waals surface area contributed by atoms with E-state index < -0.39 is 0 Å². The van der Waals surface area contributed by atoms with Gasteiger partial charge in [-0.05, 0) is 42.3 Å². The topological polar surface area (TPSA) is 67.3 Å². The van der Waals surface area contributed by atoms with Gasteiger partial charge in [0, 0.05) is 12.2 Å². The van der Waals surface area contributed by atoms with E-state index in [-0.39, 0.29) is 12.3 Å². The Morgan fingerprint density at radius 3 is 2.63 bits per heavy atom. The van der Waals surface area contributed by atoms with Crippen molar-refractivity contribution in [2.45, 2.75) is 12.8 Å². The molecule has 3 aromatic rings. The van der Waals surface area contributed by atoms with Crippen molar-refractivity contribution in [3.05, 3.63) is 72.3 Å². The molecule has 1 aliphatic heterocycles. The Kier molecular flexibility index (Phi) is 4.96. The number of benzene rings is 2. The zero-order valence-electron chi connectivity index (χ0n) is 14.8. The molecule has 1 aliphatic rings. The van der Waals surface area contributed by atoms with Crippen LogP contribution in [-0.2, 0) is 11.2 Å². The average molecular weight is 360 g/mol. The SMILES string of the molecule is O=C(CCOc1ccccc1)Nc1ccc(N2CCc3ccccc32)nn1. The molecule has 0 saturated carbocycles. The smallest absolute Gasteiger partial charge is 0.229 e. The van der Waals surface area contributed by atoms with Crippen molar-refractivity contribution >= 4 is 23.2 Å². The molecule has 6 heteroatoms. The van der Waals surface area contributed by atoms with Crippen molar-refractivity contribution in [1.29, 1.82) is 0 Å². The van der Waals surface area contributed by atoms with Crippen molar-refractivity contribution in [3.8, 4) is 5.75 Å². The van der Waals surface area contributed by atoms with Gasteiger partial charge in [-0.15, -0.1) is 10.2 Å². The van der Waals surface area contributed by atoms with E-state index in [1.807, 2.05) is 48.5 Å². The molecule has 6 nitrogen and oxygen atoms in total. The lowest BCUT2D eigenvalue weighted by atomic mass is 10.2. The fourth-order valence-corrected chi connectivity index (χ4v) is 3.10. The van der Waals surface area contributed by atoms with Gasteiger partial charge in [-0.25, -0.2) is 0 Å². The van der Waals surface area contributed by atoms with Gasteiger partial charge in [0.15, 0.2) is 11.6 Å². The molecule has 0 bridgehead atoms. The van der Waals surface area contributed by atoms with Crippen molar-refractivity contribution in [2.75, 3.05) is 23.4 Å². The second-order valence-electron chi connectivity index (χ2n) is 6.27. The second kappa shape index (κ2) is 7.86. The lowest BCUT2D eigenvalue weighted by Crippen LogP contribution is -2.18. The molecule has 1 N–H and O–H groups in total. The highest BCUT2D eigenvalue weighted by Gasteiger charge is 2.21. The maximum atomic E-state index is 12.0. The first-order valence-corrected chi connectivity index (χ1v) is 8.96. The van der Waals surface area contributed by atoms with E-state index in [9.17, 15) is 4.79 Å². The maximum absolute atomic E-state index is 12.0. The molecule has 136 valence electrons. The number of nitrogens with zero attached hydrogens (tertiary/aromatic N) is 3. The van der Waals surface area contributed by atoms with Crippen LogP contribution in [0.15, 0.2) is 66.7 Å². The monoisotopic (exact) mass is 360 g/mol. The van der Waals surface area contributed by atoms with Gasteiger partial charge in [-0.2, -0.15) is 0 Å². The highest BCUT2D eigenvalue weighted by Crippen LogP contribution is 2.32. The summed E-state index contributed by atoms with van der Waals surface area (Å²) in [5.41, 5.74) is 2.48. The zero-order valence-corrected chi connectivity index (χ0v) is 14.8. The third kappa shape index (κ3) is 4.06. The van der Waals surface area contributed by atoms with Crippen LogP contribution in [0.25, 0.3) is 0 Å². The molecule has 2 aromatic carbocycles. The molecule has 0 radical (unpaired) electrons. The number of aromatic nitrogens is 2. The summed E-state index contributed by atoms with van der Waals surface area (Å²) in [6.45, 7) is 1.20. The first kappa shape index (κ1) is 17.0. The summed E-state index contributed by atoms with van der Waals surface area (Å²) in [7, 11) is 0. The van der Waals surface area contributed by atoms with E-state index in [1.54, 1.807) is 6.07 Å². The van der Waals surface area contributed by atoms with E-state index in [0.29, 0.717) is 12.4 Å². The van der Waals surface area contributed by atoms with Gasteiger partial charge in [0.05, 0.1) is 13.0 Å². The predicted molar refractivity (Wildman–Crippen MR) is 104 cm³/mol. The minimum absolute atomic E-state index is 0.153. The van der Waals surface area contributed by atoms with Crippen LogP contribution in [0.4, 0.5) is 17.3 Å². The Labute approximate surface area is 157 Å². The van der Waals surface area contributed by atoms with Crippen LogP contribution in [0, 0.1) is 0 Å². The van der Waals surface area contributed by atoms with Crippen molar-refractivity contribution in [1.82, 2.24) is 10.2 Å². The van der Waals surface area contributed by atoms with Crippen LogP contribution in [-0.4, -0.2) is 29.3 Å². The number of hydrogen-bond acceptors (Lipinski definition) is 5. The van der Waals surface area contributed by atoms with Gasteiger partial charge in [0.1, 0.15) is 5.75 Å². The van der Waals surface area contributed by atoms with Crippen LogP contribution < -0.4 is 15.0 Å². The van der Waals surface area contributed by atoms with Crippen molar-refractivity contribution < 1.29 is 9.53 Å². The lowest BCUT2D eigenvalue weighted by molar-refractivity contribution is -0.116. The summed E-state index contributed by atoms with van der Waals surface area (Å²) < 4.78 is 5.53. The maximum Gasteiger partial charge on any atom is 0.229 e. The zero-order chi connectivity index (χ0) is 18.5. The summed E-state index contributed by atoms with van der Waals surface area (Å²) in [6.07, 6.45) is 1.25. The Hall–Kier alpha value is -3.41. The number of amides is 1. The lowest BCUT2D eigenvalue weighted by Gasteiger charge is -2.17. The van der Waals surface area contributed by atoms with E-state index in [2.05, 4.69) is 32.5 Å². The molecule has 4 rings (SSSR count). The Morgan fingerprint density at radius 1 is 1.00 bits per heavy atom. The number of nitrogens with one attached hydrogen (secondary N) is 1. The van der Waals surface area contributed by atoms with Crippen LogP contribution in [0.3, 0.4) is 0 Å². The van der Waals surface area contributed by atoms with E-state index >= 15 is 0 Å². The average Bonchev–Trinajstić information content (AvgIpc) is 3.14. The molecular formula is C21H20N4O2.